The third kappa shape index (κ3) is 4.25. The molecule has 0 spiro atoms. The van der Waals surface area contributed by atoms with Crippen molar-refractivity contribution >= 4 is 22.8 Å². The van der Waals surface area contributed by atoms with Gasteiger partial charge in [0.05, 0.1) is 23.0 Å². The molecule has 1 aliphatic rings. The molecule has 1 aliphatic carbocycles. The Bertz CT molecular complexity index is 911. The molecule has 0 aliphatic heterocycles. The molecule has 0 bridgehead atoms. The molecular formula is C19H20N4O5. The summed E-state index contributed by atoms with van der Waals surface area (Å²) in [5.41, 5.74) is 4.18. The monoisotopic (exact) mass is 384 g/mol. The van der Waals surface area contributed by atoms with E-state index in [9.17, 15) is 20.2 Å². The van der Waals surface area contributed by atoms with E-state index in [0.717, 1.165) is 48.8 Å². The third-order valence-electron chi connectivity index (χ3n) is 4.80. The minimum atomic E-state index is -0.663. The van der Waals surface area contributed by atoms with Crippen LogP contribution in [0.2, 0.25) is 0 Å². The van der Waals surface area contributed by atoms with Crippen LogP contribution in [0, 0.1) is 20.2 Å². The first kappa shape index (κ1) is 19.3. The van der Waals surface area contributed by atoms with E-state index in [0.29, 0.717) is 0 Å². The smallest absolute Gasteiger partial charge is 0.301 e. The lowest BCUT2D eigenvalue weighted by atomic mass is 9.82. The molecule has 28 heavy (non-hydrogen) atoms. The van der Waals surface area contributed by atoms with Crippen LogP contribution < -0.4 is 10.2 Å². The van der Waals surface area contributed by atoms with Crippen LogP contribution in [-0.4, -0.2) is 22.7 Å². The van der Waals surface area contributed by atoms with Gasteiger partial charge in [0.2, 0.25) is 0 Å². The molecule has 0 amide bonds. The van der Waals surface area contributed by atoms with Gasteiger partial charge in [-0.25, -0.2) is 0 Å². The second-order valence-electron chi connectivity index (χ2n) is 6.50. The van der Waals surface area contributed by atoms with Gasteiger partial charge in [0.1, 0.15) is 11.4 Å². The first-order valence-corrected chi connectivity index (χ1v) is 8.89. The van der Waals surface area contributed by atoms with Gasteiger partial charge in [0.15, 0.2) is 0 Å². The summed E-state index contributed by atoms with van der Waals surface area (Å²) in [6, 6.07) is 11.3. The van der Waals surface area contributed by atoms with E-state index in [1.807, 2.05) is 24.3 Å². The van der Waals surface area contributed by atoms with E-state index in [2.05, 4.69) is 10.5 Å². The molecule has 1 N–H and O–H groups in total. The Kier molecular flexibility index (Phi) is 5.83. The lowest BCUT2D eigenvalue weighted by Crippen LogP contribution is -2.19. The van der Waals surface area contributed by atoms with Crippen LogP contribution in [0.4, 0.5) is 17.1 Å². The maximum Gasteiger partial charge on any atom is 0.301 e. The van der Waals surface area contributed by atoms with E-state index >= 15 is 0 Å². The number of hydrogen-bond donors (Lipinski definition) is 1. The first-order valence-electron chi connectivity index (χ1n) is 8.89. The van der Waals surface area contributed by atoms with Gasteiger partial charge in [0.25, 0.3) is 5.69 Å². The molecule has 9 nitrogen and oxygen atoms in total. The summed E-state index contributed by atoms with van der Waals surface area (Å²) in [5, 5.41) is 26.6. The highest BCUT2D eigenvalue weighted by atomic mass is 16.6. The fourth-order valence-corrected chi connectivity index (χ4v) is 3.34. The summed E-state index contributed by atoms with van der Waals surface area (Å²) in [6.07, 6.45) is 3.79. The number of non-ortho nitro benzene ring substituents is 1. The molecule has 0 saturated heterocycles. The van der Waals surface area contributed by atoms with Crippen molar-refractivity contribution < 1.29 is 14.6 Å². The zero-order valence-corrected chi connectivity index (χ0v) is 15.3. The Morgan fingerprint density at radius 2 is 1.82 bits per heavy atom. The molecule has 9 heteroatoms. The number of anilines is 1. The van der Waals surface area contributed by atoms with Gasteiger partial charge in [-0.05, 0) is 43.0 Å². The summed E-state index contributed by atoms with van der Waals surface area (Å²) in [4.78, 5) is 20.8. The molecule has 1 fully saturated rings. The van der Waals surface area contributed by atoms with Gasteiger partial charge in [0, 0.05) is 17.7 Å². The number of nitrogens with zero attached hydrogens (tertiary/aromatic N) is 3. The normalized spacial score (nSPS) is 17.9. The van der Waals surface area contributed by atoms with E-state index < -0.39 is 9.85 Å². The number of nitro groups is 2. The summed E-state index contributed by atoms with van der Waals surface area (Å²) in [7, 11) is 1.61. The maximum absolute atomic E-state index is 11.3. The van der Waals surface area contributed by atoms with Gasteiger partial charge in [-0.3, -0.25) is 25.7 Å². The van der Waals surface area contributed by atoms with Crippen molar-refractivity contribution in [2.75, 3.05) is 12.5 Å². The van der Waals surface area contributed by atoms with Crippen molar-refractivity contribution in [2.24, 2.45) is 5.10 Å². The summed E-state index contributed by atoms with van der Waals surface area (Å²) >= 11 is 0. The number of nitrogens with one attached hydrogen (secondary N) is 1. The van der Waals surface area contributed by atoms with Crippen molar-refractivity contribution in [3.63, 3.8) is 0 Å². The molecule has 0 unspecified atom stereocenters. The predicted molar refractivity (Wildman–Crippen MR) is 105 cm³/mol. The van der Waals surface area contributed by atoms with E-state index in [1.54, 1.807) is 7.11 Å². The minimum absolute atomic E-state index is 0.115. The SMILES string of the molecule is COc1ccc([C@@H]2CCCC/C2=N\Nc2ccc([N+](=O)[O-])cc2[N+](=O)[O-])cc1. The molecular weight excluding hydrogens is 364 g/mol. The quantitative estimate of drug-likeness (QED) is 0.572. The van der Waals surface area contributed by atoms with Crippen LogP contribution in [0.25, 0.3) is 0 Å². The van der Waals surface area contributed by atoms with Crippen molar-refractivity contribution in [3.8, 4) is 5.75 Å². The Morgan fingerprint density at radius 3 is 2.46 bits per heavy atom. The fraction of sp³-hybridized carbons (Fsp3) is 0.316. The largest absolute Gasteiger partial charge is 0.497 e. The Labute approximate surface area is 161 Å². The molecule has 1 atom stereocenters. The van der Waals surface area contributed by atoms with Crippen LogP contribution in [0.15, 0.2) is 47.6 Å². The Balaban J connectivity index is 1.86. The van der Waals surface area contributed by atoms with Crippen LogP contribution in [-0.2, 0) is 0 Å². The van der Waals surface area contributed by atoms with Gasteiger partial charge in [-0.15, -0.1) is 0 Å². The molecule has 146 valence electrons. The number of hydrogen-bond acceptors (Lipinski definition) is 7. The summed E-state index contributed by atoms with van der Waals surface area (Å²) < 4.78 is 5.20. The third-order valence-corrected chi connectivity index (χ3v) is 4.80. The lowest BCUT2D eigenvalue weighted by Gasteiger charge is -2.24. The predicted octanol–water partition coefficient (Wildman–Crippen LogP) is 4.64. The number of nitro benzene ring substituents is 2. The van der Waals surface area contributed by atoms with Crippen LogP contribution in [0.3, 0.4) is 0 Å². The highest BCUT2D eigenvalue weighted by Crippen LogP contribution is 2.33. The van der Waals surface area contributed by atoms with Crippen molar-refractivity contribution in [1.29, 1.82) is 0 Å². The summed E-state index contributed by atoms with van der Waals surface area (Å²) in [6.45, 7) is 0. The van der Waals surface area contributed by atoms with Crippen molar-refractivity contribution in [2.45, 2.75) is 31.6 Å². The maximum atomic E-state index is 11.3. The lowest BCUT2D eigenvalue weighted by molar-refractivity contribution is -0.393. The zero-order chi connectivity index (χ0) is 20.1. The topological polar surface area (TPSA) is 120 Å². The molecule has 0 aromatic heterocycles. The highest BCUT2D eigenvalue weighted by molar-refractivity contribution is 5.92. The van der Waals surface area contributed by atoms with Gasteiger partial charge in [-0.1, -0.05) is 18.6 Å². The van der Waals surface area contributed by atoms with Crippen LogP contribution in [0.1, 0.15) is 37.2 Å². The van der Waals surface area contributed by atoms with Gasteiger partial charge < -0.3 is 4.74 Å². The number of benzene rings is 2. The van der Waals surface area contributed by atoms with E-state index in [-0.39, 0.29) is 23.0 Å². The van der Waals surface area contributed by atoms with E-state index in [4.69, 9.17) is 4.74 Å². The standard InChI is InChI=1S/C19H20N4O5/c1-28-15-9-6-13(7-10-15)16-4-2-3-5-17(16)20-21-18-11-8-14(22(24)25)12-19(18)23(26)27/h6-12,16,21H,2-5H2,1H3/b20-17+/t16-/m0/s1. The molecule has 1 saturated carbocycles. The average molecular weight is 384 g/mol. The molecule has 0 heterocycles. The fourth-order valence-electron chi connectivity index (χ4n) is 3.34. The average Bonchev–Trinajstić information content (AvgIpc) is 2.72. The summed E-state index contributed by atoms with van der Waals surface area (Å²) in [5.74, 6) is 0.891. The minimum Gasteiger partial charge on any atom is -0.497 e. The van der Waals surface area contributed by atoms with Crippen LogP contribution >= 0.6 is 0 Å². The second kappa shape index (κ2) is 8.47. The molecule has 0 radical (unpaired) electrons. The number of ether oxygens (including phenoxy) is 1. The van der Waals surface area contributed by atoms with E-state index in [1.165, 1.54) is 12.1 Å². The number of rotatable bonds is 6. The van der Waals surface area contributed by atoms with Gasteiger partial charge >= 0.3 is 5.69 Å². The first-order chi connectivity index (χ1) is 13.5. The Hall–Kier alpha value is -3.49. The molecule has 2 aromatic rings. The zero-order valence-electron chi connectivity index (χ0n) is 15.3. The Morgan fingerprint density at radius 1 is 1.07 bits per heavy atom. The van der Waals surface area contributed by atoms with Crippen molar-refractivity contribution in [1.82, 2.24) is 0 Å². The molecule has 3 rings (SSSR count). The highest BCUT2D eigenvalue weighted by Gasteiger charge is 2.24. The number of hydrazone groups is 1. The second-order valence-corrected chi connectivity index (χ2v) is 6.50. The van der Waals surface area contributed by atoms with Gasteiger partial charge in [-0.2, -0.15) is 5.10 Å². The van der Waals surface area contributed by atoms with Crippen LogP contribution in [0.5, 0.6) is 5.75 Å². The van der Waals surface area contributed by atoms with Crippen molar-refractivity contribution in [3.05, 3.63) is 68.3 Å². The number of methoxy groups -OCH3 is 1. The molecule has 2 aromatic carbocycles.